The van der Waals surface area contributed by atoms with Gasteiger partial charge in [-0.3, -0.25) is 4.31 Å². The quantitative estimate of drug-likeness (QED) is 0.355. The fraction of sp³-hybridized carbons (Fsp3) is 0.542. The zero-order valence-corrected chi connectivity index (χ0v) is 23.2. The molecular weight excluding hydrogens is 520 g/mol. The van der Waals surface area contributed by atoms with E-state index < -0.39 is 15.6 Å². The van der Waals surface area contributed by atoms with Gasteiger partial charge in [-0.1, -0.05) is 18.5 Å². The molecule has 3 atom stereocenters. The molecule has 1 saturated carbocycles. The Bertz CT molecular complexity index is 1330. The van der Waals surface area contributed by atoms with E-state index in [1.807, 2.05) is 6.07 Å². The van der Waals surface area contributed by atoms with Crippen LogP contribution in [0.25, 0.3) is 11.5 Å². The van der Waals surface area contributed by atoms with E-state index >= 15 is 0 Å². The third-order valence-electron chi connectivity index (χ3n) is 6.64. The van der Waals surface area contributed by atoms with Crippen molar-refractivity contribution in [1.29, 1.82) is 0 Å². The highest BCUT2D eigenvalue weighted by atomic mass is 35.5. The number of nitrogens with two attached hydrogens (primary N) is 1. The molecule has 0 aromatic carbocycles. The van der Waals surface area contributed by atoms with Crippen LogP contribution in [0.4, 0.5) is 11.6 Å². The lowest BCUT2D eigenvalue weighted by Gasteiger charge is -2.26. The van der Waals surface area contributed by atoms with E-state index in [2.05, 4.69) is 27.0 Å². The number of methoxy groups -OCH3 is 1. The molecule has 0 bridgehead atoms. The second kappa shape index (κ2) is 10.6. The number of halogens is 1. The number of anilines is 2. The molecule has 0 spiro atoms. The van der Waals surface area contributed by atoms with E-state index in [0.29, 0.717) is 42.8 Å². The van der Waals surface area contributed by atoms with Crippen molar-refractivity contribution in [1.82, 2.24) is 15.2 Å². The molecular formula is C24H33ClN6O5S. The maximum atomic E-state index is 12.4. The van der Waals surface area contributed by atoms with Gasteiger partial charge in [-0.2, -0.15) is 0 Å². The van der Waals surface area contributed by atoms with E-state index in [0.717, 1.165) is 29.1 Å². The average Bonchev–Trinajstić information content (AvgIpc) is 3.23. The van der Waals surface area contributed by atoms with Crippen molar-refractivity contribution in [3.63, 3.8) is 0 Å². The number of pyridine rings is 1. The summed E-state index contributed by atoms with van der Waals surface area (Å²) in [6.45, 7) is 5.78. The lowest BCUT2D eigenvalue weighted by Crippen LogP contribution is -2.35. The second-order valence-electron chi connectivity index (χ2n) is 9.95. The molecule has 0 saturated heterocycles. The van der Waals surface area contributed by atoms with Crippen molar-refractivity contribution >= 4 is 33.3 Å². The Labute approximate surface area is 222 Å². The second-order valence-corrected chi connectivity index (χ2v) is 12.3. The summed E-state index contributed by atoms with van der Waals surface area (Å²) < 4.78 is 42.3. The van der Waals surface area contributed by atoms with Crippen molar-refractivity contribution < 1.29 is 22.0 Å². The number of aromatic nitrogens is 3. The summed E-state index contributed by atoms with van der Waals surface area (Å²) in [5, 5.41) is 8.47. The van der Waals surface area contributed by atoms with E-state index in [1.54, 1.807) is 32.6 Å². The van der Waals surface area contributed by atoms with Gasteiger partial charge in [-0.15, -0.1) is 10.2 Å². The maximum absolute atomic E-state index is 12.4. The first-order chi connectivity index (χ1) is 17.4. The van der Waals surface area contributed by atoms with Crippen LogP contribution in [0, 0.1) is 11.8 Å². The molecule has 3 aromatic rings. The molecule has 13 heteroatoms. The van der Waals surface area contributed by atoms with E-state index in [-0.39, 0.29) is 22.6 Å². The Kier molecular flexibility index (Phi) is 7.84. The van der Waals surface area contributed by atoms with Crippen molar-refractivity contribution in [2.45, 2.75) is 32.2 Å². The maximum Gasteiger partial charge on any atom is 0.249 e. The van der Waals surface area contributed by atoms with Crippen molar-refractivity contribution in [2.24, 2.45) is 17.6 Å². The molecule has 3 heterocycles. The minimum absolute atomic E-state index is 0.0663. The molecule has 1 aliphatic rings. The van der Waals surface area contributed by atoms with Crippen LogP contribution in [0.5, 0.6) is 0 Å². The van der Waals surface area contributed by atoms with Crippen LogP contribution in [0.15, 0.2) is 33.5 Å². The monoisotopic (exact) mass is 552 g/mol. The molecule has 11 nitrogen and oxygen atoms in total. The molecule has 0 aliphatic heterocycles. The van der Waals surface area contributed by atoms with Crippen LogP contribution in [0.3, 0.4) is 0 Å². The van der Waals surface area contributed by atoms with Gasteiger partial charge >= 0.3 is 0 Å². The number of hydrogen-bond donors (Lipinski definition) is 1. The van der Waals surface area contributed by atoms with Gasteiger partial charge in [0.05, 0.1) is 41.5 Å². The summed E-state index contributed by atoms with van der Waals surface area (Å²) in [6.07, 6.45) is 5.80. The Hall–Kier alpha value is -2.67. The third kappa shape index (κ3) is 6.25. The summed E-state index contributed by atoms with van der Waals surface area (Å²) >= 11 is 6.72. The molecule has 3 aromatic heterocycles. The predicted octanol–water partition coefficient (Wildman–Crippen LogP) is 3.30. The normalized spacial score (nSPS) is 19.0. The first kappa shape index (κ1) is 27.4. The van der Waals surface area contributed by atoms with E-state index in [1.165, 1.54) is 7.05 Å². The molecule has 0 radical (unpaired) electrons. The number of nitrogens with zero attached hydrogens (tertiary/aromatic N) is 5. The van der Waals surface area contributed by atoms with Gasteiger partial charge in [0.2, 0.25) is 21.8 Å². The van der Waals surface area contributed by atoms with E-state index in [4.69, 9.17) is 30.9 Å². The lowest BCUT2D eigenvalue weighted by atomic mass is 9.95. The first-order valence-corrected chi connectivity index (χ1v) is 14.2. The number of hydrogen-bond acceptors (Lipinski definition) is 10. The number of ether oxygens (including phenoxy) is 1. The highest BCUT2D eigenvalue weighted by Gasteiger charge is 2.35. The standard InChI is InChI=1S/C24H33ClN6O5S/c1-15-10-17(15)13-31(7-9-34-4)19-11-18(20(25)21(27-19)30(3)37(5,32)33)22-28-29-23(36-22)24(2,26)12-16-6-8-35-14-16/h6,8,11,14-15,17H,7,9-10,12-13,26H2,1-5H3/t15-,17+,24+/m0/s1. The van der Waals surface area contributed by atoms with Gasteiger partial charge in [-0.05, 0) is 42.9 Å². The summed E-state index contributed by atoms with van der Waals surface area (Å²) in [5.74, 6) is 2.06. The van der Waals surface area contributed by atoms with Crippen LogP contribution in [-0.2, 0) is 26.7 Å². The Morgan fingerprint density at radius 1 is 1.35 bits per heavy atom. The first-order valence-electron chi connectivity index (χ1n) is 11.9. The average molecular weight is 553 g/mol. The number of sulfonamides is 1. The van der Waals surface area contributed by atoms with Gasteiger partial charge in [-0.25, -0.2) is 13.4 Å². The lowest BCUT2D eigenvalue weighted by molar-refractivity contribution is 0.204. The molecule has 37 heavy (non-hydrogen) atoms. The van der Waals surface area contributed by atoms with Crippen LogP contribution in [-0.4, -0.2) is 63.7 Å². The van der Waals surface area contributed by atoms with Crippen LogP contribution in [0.2, 0.25) is 5.02 Å². The SMILES string of the molecule is COCCN(C[C@H]1C[C@@H]1C)c1cc(-c2nnc([C@](C)(N)Cc3ccoc3)o2)c(Cl)c(N(C)S(C)(=O)=O)n1. The number of furan rings is 1. The molecule has 0 unspecified atom stereocenters. The van der Waals surface area contributed by atoms with Crippen molar-refractivity contribution in [3.05, 3.63) is 41.1 Å². The fourth-order valence-corrected chi connectivity index (χ4v) is 4.88. The van der Waals surface area contributed by atoms with Crippen molar-refractivity contribution in [2.75, 3.05) is 49.3 Å². The topological polar surface area (TPSA) is 141 Å². The fourth-order valence-electron chi connectivity index (χ4n) is 4.08. The Balaban J connectivity index is 1.77. The third-order valence-corrected chi connectivity index (χ3v) is 8.18. The zero-order valence-electron chi connectivity index (χ0n) is 21.6. The minimum atomic E-state index is -3.66. The zero-order chi connectivity index (χ0) is 27.0. The number of rotatable bonds is 12. The van der Waals surface area contributed by atoms with Crippen LogP contribution < -0.4 is 14.9 Å². The molecule has 2 N–H and O–H groups in total. The molecule has 1 fully saturated rings. The van der Waals surface area contributed by atoms with Crippen molar-refractivity contribution in [3.8, 4) is 11.5 Å². The molecule has 1 aliphatic carbocycles. The highest BCUT2D eigenvalue weighted by molar-refractivity contribution is 7.92. The largest absolute Gasteiger partial charge is 0.472 e. The summed E-state index contributed by atoms with van der Waals surface area (Å²) in [6, 6.07) is 3.56. The van der Waals surface area contributed by atoms with E-state index in [9.17, 15) is 8.42 Å². The van der Waals surface area contributed by atoms with Crippen LogP contribution >= 0.6 is 11.6 Å². The van der Waals surface area contributed by atoms with Gasteiger partial charge in [0.25, 0.3) is 0 Å². The summed E-state index contributed by atoms with van der Waals surface area (Å²) in [5.41, 5.74) is 6.78. The van der Waals surface area contributed by atoms with Gasteiger partial charge in [0.15, 0.2) is 5.82 Å². The van der Waals surface area contributed by atoms with Crippen LogP contribution in [0.1, 0.15) is 31.7 Å². The summed E-state index contributed by atoms with van der Waals surface area (Å²) in [4.78, 5) is 6.72. The minimum Gasteiger partial charge on any atom is -0.472 e. The summed E-state index contributed by atoms with van der Waals surface area (Å²) in [7, 11) is -0.618. The molecule has 0 amide bonds. The predicted molar refractivity (Wildman–Crippen MR) is 141 cm³/mol. The Morgan fingerprint density at radius 2 is 2.08 bits per heavy atom. The molecule has 4 rings (SSSR count). The smallest absolute Gasteiger partial charge is 0.249 e. The van der Waals surface area contributed by atoms with Gasteiger partial charge < -0.3 is 24.2 Å². The van der Waals surface area contributed by atoms with Gasteiger partial charge in [0.1, 0.15) is 5.82 Å². The van der Waals surface area contributed by atoms with Gasteiger partial charge in [0, 0.05) is 33.7 Å². The molecule has 202 valence electrons. The Morgan fingerprint density at radius 3 is 2.68 bits per heavy atom. The highest BCUT2D eigenvalue weighted by Crippen LogP contribution is 2.41.